The smallest absolute Gasteiger partial charge is 0.255 e. The van der Waals surface area contributed by atoms with Crippen molar-refractivity contribution in [2.45, 2.75) is 31.0 Å². The van der Waals surface area contributed by atoms with Gasteiger partial charge in [-0.3, -0.25) is 19.3 Å². The van der Waals surface area contributed by atoms with Crippen LogP contribution in [0.1, 0.15) is 23.3 Å². The zero-order chi connectivity index (χ0) is 31.0. The van der Waals surface area contributed by atoms with Gasteiger partial charge < -0.3 is 40.4 Å². The molecule has 1 unspecified atom stereocenters. The fraction of sp³-hybridized carbons (Fsp3) is 0.433. The van der Waals surface area contributed by atoms with Crippen molar-refractivity contribution in [1.82, 2.24) is 9.80 Å². The number of Topliss-reactive ketones (excluding diaryl/α,β-unsaturated/α-hetero) is 2. The van der Waals surface area contributed by atoms with Crippen molar-refractivity contribution in [1.29, 1.82) is 0 Å². The normalized spacial score (nSPS) is 25.6. The number of fused-ring (bicyclic) bond motifs is 3. The Morgan fingerprint density at radius 3 is 2.33 bits per heavy atom. The van der Waals surface area contributed by atoms with Gasteiger partial charge in [0.2, 0.25) is 5.78 Å². The van der Waals surface area contributed by atoms with Crippen LogP contribution in [-0.2, 0) is 27.3 Å². The van der Waals surface area contributed by atoms with E-state index in [9.17, 15) is 34.8 Å². The van der Waals surface area contributed by atoms with Crippen molar-refractivity contribution in [3.63, 3.8) is 0 Å². The van der Waals surface area contributed by atoms with Crippen molar-refractivity contribution in [2.75, 3.05) is 47.2 Å². The Morgan fingerprint density at radius 1 is 1.10 bits per heavy atom. The van der Waals surface area contributed by atoms with Gasteiger partial charge in [0.15, 0.2) is 11.4 Å². The maximum absolute atomic E-state index is 14.1. The predicted molar refractivity (Wildman–Crippen MR) is 154 cm³/mol. The second-order valence-electron chi connectivity index (χ2n) is 12.0. The predicted octanol–water partition coefficient (Wildman–Crippen LogP) is 1.35. The quantitative estimate of drug-likeness (QED) is 0.311. The van der Waals surface area contributed by atoms with Crippen LogP contribution in [0, 0.1) is 11.8 Å². The summed E-state index contributed by atoms with van der Waals surface area (Å²) in [4.78, 5) is 44.8. The SMILES string of the molecule is CN(C)Cc1ccc(-c2cc(N(C)C)c3c(c2O)C(O)=C2C(=O)[C@]4(O)C(O)=C(C(N)=O)C(=O)C(N(C)C)[C@H]4C[C@H]2C3)o1. The molecule has 1 aromatic carbocycles. The molecule has 1 saturated carbocycles. The molecule has 4 atom stereocenters. The van der Waals surface area contributed by atoms with E-state index in [4.69, 9.17) is 10.2 Å². The highest BCUT2D eigenvalue weighted by Crippen LogP contribution is 2.55. The van der Waals surface area contributed by atoms with Crippen LogP contribution < -0.4 is 10.6 Å². The van der Waals surface area contributed by atoms with E-state index in [1.807, 2.05) is 38.0 Å². The first-order valence-electron chi connectivity index (χ1n) is 13.6. The molecule has 5 rings (SSSR count). The Kier molecular flexibility index (Phi) is 6.99. The van der Waals surface area contributed by atoms with E-state index in [-0.39, 0.29) is 29.7 Å². The number of anilines is 1. The molecule has 3 aliphatic rings. The summed E-state index contributed by atoms with van der Waals surface area (Å²) in [6.07, 6.45) is 0.215. The molecule has 1 amide bonds. The molecule has 224 valence electrons. The van der Waals surface area contributed by atoms with Gasteiger partial charge in [0.05, 0.1) is 23.7 Å². The first-order valence-corrected chi connectivity index (χ1v) is 13.6. The minimum absolute atomic E-state index is 0.0121. The summed E-state index contributed by atoms with van der Waals surface area (Å²) in [6, 6.07) is 4.12. The molecular weight excluding hydrogens is 544 g/mol. The van der Waals surface area contributed by atoms with Gasteiger partial charge >= 0.3 is 0 Å². The maximum Gasteiger partial charge on any atom is 0.255 e. The van der Waals surface area contributed by atoms with Crippen molar-refractivity contribution < 1.29 is 39.2 Å². The van der Waals surface area contributed by atoms with E-state index in [0.29, 0.717) is 34.9 Å². The van der Waals surface area contributed by atoms with Crippen LogP contribution in [0.4, 0.5) is 5.69 Å². The first-order chi connectivity index (χ1) is 19.6. The number of nitrogens with zero attached hydrogens (tertiary/aromatic N) is 3. The third-order valence-electron chi connectivity index (χ3n) is 8.58. The standard InChI is InChI=1S/C30H36N4O8/c1-32(2)12-14-7-8-19(42-14)16-11-18(33(3)4)15-9-13-10-17-23(34(5)6)26(37)22(29(31)40)28(39)30(17,41)27(38)20(13)25(36)21(15)24(16)35/h7-8,11,13,17,23,35-36,39,41H,9-10,12H2,1-6H3,(H2,31,40)/t13-,17-,23?,30+/m1/s1. The number of aromatic hydroxyl groups is 1. The highest BCUT2D eigenvalue weighted by Gasteiger charge is 2.64. The highest BCUT2D eigenvalue weighted by atomic mass is 16.4. The molecule has 12 heteroatoms. The van der Waals surface area contributed by atoms with Crippen LogP contribution in [0.2, 0.25) is 0 Å². The number of likely N-dealkylation sites (N-methyl/N-ethyl adjacent to an activating group) is 1. The van der Waals surface area contributed by atoms with Gasteiger partial charge in [-0.2, -0.15) is 0 Å². The number of aliphatic hydroxyl groups is 3. The topological polar surface area (TPSA) is 181 Å². The van der Waals surface area contributed by atoms with E-state index < -0.39 is 58.0 Å². The maximum atomic E-state index is 14.1. The Morgan fingerprint density at radius 2 is 1.76 bits per heavy atom. The summed E-state index contributed by atoms with van der Waals surface area (Å²) >= 11 is 0. The molecule has 1 aromatic heterocycles. The lowest BCUT2D eigenvalue weighted by Gasteiger charge is -2.50. The molecule has 0 radical (unpaired) electrons. The number of amides is 1. The number of ketones is 2. The number of primary amides is 1. The Labute approximate surface area is 242 Å². The number of phenolic OH excluding ortho intramolecular Hbond substituents is 1. The third-order valence-corrected chi connectivity index (χ3v) is 8.58. The van der Waals surface area contributed by atoms with E-state index in [2.05, 4.69) is 0 Å². The van der Waals surface area contributed by atoms with Gasteiger partial charge in [0, 0.05) is 31.3 Å². The van der Waals surface area contributed by atoms with Gasteiger partial charge in [0.25, 0.3) is 5.91 Å². The molecule has 3 aliphatic carbocycles. The number of furan rings is 1. The molecule has 2 aromatic rings. The van der Waals surface area contributed by atoms with Crippen LogP contribution in [0.15, 0.2) is 39.5 Å². The van der Waals surface area contributed by atoms with Gasteiger partial charge in [-0.05, 0) is 70.7 Å². The number of benzene rings is 1. The second-order valence-corrected chi connectivity index (χ2v) is 12.0. The second kappa shape index (κ2) is 10.0. The lowest BCUT2D eigenvalue weighted by Crippen LogP contribution is -2.65. The largest absolute Gasteiger partial charge is 0.508 e. The molecule has 12 nitrogen and oxygen atoms in total. The van der Waals surface area contributed by atoms with Crippen molar-refractivity contribution in [3.05, 3.63) is 52.0 Å². The summed E-state index contributed by atoms with van der Waals surface area (Å²) in [5.74, 6) is -5.87. The molecule has 0 saturated heterocycles. The number of aliphatic hydroxyl groups excluding tert-OH is 2. The van der Waals surface area contributed by atoms with Crippen molar-refractivity contribution in [3.8, 4) is 17.1 Å². The van der Waals surface area contributed by atoms with Crippen LogP contribution in [0.25, 0.3) is 17.1 Å². The van der Waals surface area contributed by atoms with E-state index in [0.717, 1.165) is 0 Å². The van der Waals surface area contributed by atoms with Crippen molar-refractivity contribution >= 4 is 28.9 Å². The lowest BCUT2D eigenvalue weighted by molar-refractivity contribution is -0.153. The number of hydrogen-bond acceptors (Lipinski definition) is 11. The average molecular weight is 581 g/mol. The summed E-state index contributed by atoms with van der Waals surface area (Å²) < 4.78 is 5.99. The fourth-order valence-electron chi connectivity index (χ4n) is 6.80. The van der Waals surface area contributed by atoms with Crippen LogP contribution >= 0.6 is 0 Å². The molecule has 0 spiro atoms. The summed E-state index contributed by atoms with van der Waals surface area (Å²) in [6.45, 7) is 0.526. The average Bonchev–Trinajstić information content (AvgIpc) is 3.33. The van der Waals surface area contributed by atoms with E-state index in [1.165, 1.54) is 4.90 Å². The fourth-order valence-corrected chi connectivity index (χ4v) is 6.80. The lowest BCUT2D eigenvalue weighted by atomic mass is 9.57. The molecule has 1 heterocycles. The summed E-state index contributed by atoms with van der Waals surface area (Å²) in [5.41, 5.74) is 3.21. The molecule has 6 N–H and O–H groups in total. The van der Waals surface area contributed by atoms with Gasteiger partial charge in [0.1, 0.15) is 34.4 Å². The Balaban J connectivity index is 1.73. The number of carbonyl (C=O) groups is 3. The Bertz CT molecular complexity index is 1580. The first kappa shape index (κ1) is 29.4. The van der Waals surface area contributed by atoms with Crippen molar-refractivity contribution in [2.24, 2.45) is 17.6 Å². The number of rotatable bonds is 6. The monoisotopic (exact) mass is 580 g/mol. The van der Waals surface area contributed by atoms with Gasteiger partial charge in [-0.15, -0.1) is 0 Å². The molecule has 42 heavy (non-hydrogen) atoms. The molecule has 1 fully saturated rings. The third kappa shape index (κ3) is 4.12. The van der Waals surface area contributed by atoms with Gasteiger partial charge in [-0.1, -0.05) is 0 Å². The van der Waals surface area contributed by atoms with Crippen LogP contribution in [0.3, 0.4) is 0 Å². The van der Waals surface area contributed by atoms with Crippen LogP contribution in [0.5, 0.6) is 5.75 Å². The molecular formula is C30H36N4O8. The summed E-state index contributed by atoms with van der Waals surface area (Å²) in [5, 5.41) is 46.0. The summed E-state index contributed by atoms with van der Waals surface area (Å²) in [7, 11) is 10.5. The number of phenols is 1. The van der Waals surface area contributed by atoms with E-state index in [1.54, 1.807) is 32.3 Å². The number of carbonyl (C=O) groups excluding carboxylic acids is 3. The zero-order valence-electron chi connectivity index (χ0n) is 24.4. The number of hydrogen-bond donors (Lipinski definition) is 5. The minimum atomic E-state index is -2.69. The molecule has 0 aliphatic heterocycles. The van der Waals surface area contributed by atoms with Gasteiger partial charge in [-0.25, -0.2) is 0 Å². The van der Waals surface area contributed by atoms with E-state index >= 15 is 0 Å². The number of nitrogens with two attached hydrogens (primary N) is 1. The molecule has 0 bridgehead atoms. The minimum Gasteiger partial charge on any atom is -0.508 e. The zero-order valence-corrected chi connectivity index (χ0v) is 24.4. The van der Waals surface area contributed by atoms with Crippen LogP contribution in [-0.4, -0.2) is 102 Å². The highest BCUT2D eigenvalue weighted by molar-refractivity contribution is 6.24. The Hall–Kier alpha value is -4.13.